The van der Waals surface area contributed by atoms with Gasteiger partial charge in [-0.15, -0.1) is 0 Å². The Bertz CT molecular complexity index is 572. The molecule has 0 unspecified atom stereocenters. The lowest BCUT2D eigenvalue weighted by atomic mass is 10.1. The van der Waals surface area contributed by atoms with E-state index in [0.717, 1.165) is 0 Å². The molecule has 0 aliphatic heterocycles. The number of H-pyrrole nitrogens is 1. The molecule has 16 heavy (non-hydrogen) atoms. The maximum absolute atomic E-state index is 11.0. The van der Waals surface area contributed by atoms with Gasteiger partial charge in [0, 0.05) is 29.7 Å². The van der Waals surface area contributed by atoms with E-state index in [4.69, 9.17) is 5.11 Å². The number of aromatic carboxylic acids is 1. The predicted molar refractivity (Wildman–Crippen MR) is 59.6 cm³/mol. The quantitative estimate of drug-likeness (QED) is 0.719. The summed E-state index contributed by atoms with van der Waals surface area (Å²) in [5.74, 6) is -1.25. The lowest BCUT2D eigenvalue weighted by Gasteiger charge is -2.04. The molecule has 2 rings (SSSR count). The summed E-state index contributed by atoms with van der Waals surface area (Å²) in [7, 11) is 0. The number of nitrogens with one attached hydrogen (secondary N) is 2. The standard InChI is InChI=1S/C11H10N2O3/c1-6(14)13-7-4-9(11(15)16)8-2-3-12-10(8)5-7/h2-5,12H,1H3,(H,13,14)(H,15,16). The highest BCUT2D eigenvalue weighted by atomic mass is 16.4. The van der Waals surface area contributed by atoms with Crippen molar-refractivity contribution < 1.29 is 14.7 Å². The van der Waals surface area contributed by atoms with Crippen molar-refractivity contribution in [3.8, 4) is 0 Å². The summed E-state index contributed by atoms with van der Waals surface area (Å²) in [6.45, 7) is 1.37. The van der Waals surface area contributed by atoms with Crippen molar-refractivity contribution in [1.29, 1.82) is 0 Å². The molecule has 1 aromatic carbocycles. The summed E-state index contributed by atoms with van der Waals surface area (Å²) in [6, 6.07) is 4.83. The van der Waals surface area contributed by atoms with Crippen LogP contribution in [-0.4, -0.2) is 22.0 Å². The average Bonchev–Trinajstić information content (AvgIpc) is 2.62. The number of benzene rings is 1. The molecule has 0 atom stereocenters. The maximum atomic E-state index is 11.0. The third-order valence-corrected chi connectivity index (χ3v) is 2.22. The number of carboxylic acids is 1. The van der Waals surface area contributed by atoms with E-state index >= 15 is 0 Å². The molecule has 0 saturated heterocycles. The summed E-state index contributed by atoms with van der Waals surface area (Å²) in [5, 5.41) is 12.2. The molecule has 5 nitrogen and oxygen atoms in total. The third-order valence-electron chi connectivity index (χ3n) is 2.22. The SMILES string of the molecule is CC(=O)Nc1cc(C(=O)O)c2cc[nH]c2c1. The Balaban J connectivity index is 2.61. The normalized spacial score (nSPS) is 10.3. The Hall–Kier alpha value is -2.30. The van der Waals surface area contributed by atoms with Crippen molar-refractivity contribution in [1.82, 2.24) is 4.98 Å². The van der Waals surface area contributed by atoms with Crippen LogP contribution in [0.5, 0.6) is 0 Å². The van der Waals surface area contributed by atoms with Gasteiger partial charge in [0.25, 0.3) is 0 Å². The second-order valence-electron chi connectivity index (χ2n) is 3.45. The molecular weight excluding hydrogens is 208 g/mol. The van der Waals surface area contributed by atoms with Crippen LogP contribution in [0, 0.1) is 0 Å². The van der Waals surface area contributed by atoms with E-state index in [0.29, 0.717) is 16.6 Å². The fraction of sp³-hybridized carbons (Fsp3) is 0.0909. The van der Waals surface area contributed by atoms with Gasteiger partial charge in [0.1, 0.15) is 0 Å². The van der Waals surface area contributed by atoms with Gasteiger partial charge in [-0.1, -0.05) is 0 Å². The first kappa shape index (κ1) is 10.2. The van der Waals surface area contributed by atoms with Crippen molar-refractivity contribution in [3.05, 3.63) is 30.0 Å². The van der Waals surface area contributed by atoms with Gasteiger partial charge in [0.2, 0.25) is 5.91 Å². The number of aromatic amines is 1. The van der Waals surface area contributed by atoms with Gasteiger partial charge < -0.3 is 15.4 Å². The molecule has 0 saturated carbocycles. The second-order valence-corrected chi connectivity index (χ2v) is 3.45. The molecule has 0 fully saturated rings. The van der Waals surface area contributed by atoms with Gasteiger partial charge in [0.15, 0.2) is 0 Å². The first-order valence-corrected chi connectivity index (χ1v) is 4.70. The minimum atomic E-state index is -1.02. The molecular formula is C11H10N2O3. The summed E-state index contributed by atoms with van der Waals surface area (Å²) < 4.78 is 0. The Morgan fingerprint density at radius 3 is 2.75 bits per heavy atom. The number of hydrogen-bond donors (Lipinski definition) is 3. The number of carbonyl (C=O) groups excluding carboxylic acids is 1. The number of rotatable bonds is 2. The number of aromatic nitrogens is 1. The first-order valence-electron chi connectivity index (χ1n) is 4.70. The molecule has 0 radical (unpaired) electrons. The van der Waals surface area contributed by atoms with E-state index in [1.165, 1.54) is 13.0 Å². The van der Waals surface area contributed by atoms with Crippen LogP contribution in [-0.2, 0) is 4.79 Å². The summed E-state index contributed by atoms with van der Waals surface area (Å²) in [5.41, 5.74) is 1.33. The molecule has 0 aliphatic carbocycles. The van der Waals surface area contributed by atoms with Crippen LogP contribution in [0.4, 0.5) is 5.69 Å². The predicted octanol–water partition coefficient (Wildman–Crippen LogP) is 1.82. The average molecular weight is 218 g/mol. The Morgan fingerprint density at radius 1 is 1.38 bits per heavy atom. The lowest BCUT2D eigenvalue weighted by Crippen LogP contribution is -2.07. The number of hydrogen-bond acceptors (Lipinski definition) is 2. The Kier molecular flexibility index (Phi) is 2.36. The van der Waals surface area contributed by atoms with E-state index < -0.39 is 5.97 Å². The van der Waals surface area contributed by atoms with E-state index in [1.54, 1.807) is 18.3 Å². The topological polar surface area (TPSA) is 82.2 Å². The molecule has 1 amide bonds. The number of anilines is 1. The zero-order valence-corrected chi connectivity index (χ0v) is 8.57. The van der Waals surface area contributed by atoms with Gasteiger partial charge in [0.05, 0.1) is 5.56 Å². The molecule has 2 aromatic rings. The van der Waals surface area contributed by atoms with Crippen LogP contribution in [0.25, 0.3) is 10.9 Å². The van der Waals surface area contributed by atoms with Gasteiger partial charge in [-0.3, -0.25) is 4.79 Å². The van der Waals surface area contributed by atoms with Crippen LogP contribution in [0.3, 0.4) is 0 Å². The maximum Gasteiger partial charge on any atom is 0.336 e. The first-order chi connectivity index (χ1) is 7.58. The van der Waals surface area contributed by atoms with Crippen molar-refractivity contribution in [2.75, 3.05) is 5.32 Å². The Morgan fingerprint density at radius 2 is 2.12 bits per heavy atom. The highest BCUT2D eigenvalue weighted by Crippen LogP contribution is 2.23. The number of carbonyl (C=O) groups is 2. The zero-order valence-electron chi connectivity index (χ0n) is 8.57. The van der Waals surface area contributed by atoms with Gasteiger partial charge in [-0.2, -0.15) is 0 Å². The van der Waals surface area contributed by atoms with E-state index in [1.807, 2.05) is 0 Å². The van der Waals surface area contributed by atoms with Crippen LogP contribution >= 0.6 is 0 Å². The van der Waals surface area contributed by atoms with E-state index in [2.05, 4.69) is 10.3 Å². The number of fused-ring (bicyclic) bond motifs is 1. The smallest absolute Gasteiger partial charge is 0.336 e. The van der Waals surface area contributed by atoms with Crippen molar-refractivity contribution in [2.24, 2.45) is 0 Å². The van der Waals surface area contributed by atoms with Crippen molar-refractivity contribution in [2.45, 2.75) is 6.92 Å². The second kappa shape index (κ2) is 3.69. The van der Waals surface area contributed by atoms with E-state index in [-0.39, 0.29) is 11.5 Å². The molecule has 1 aromatic heterocycles. The van der Waals surface area contributed by atoms with Crippen LogP contribution in [0.1, 0.15) is 17.3 Å². The number of carboxylic acid groups (broad SMARTS) is 1. The summed E-state index contributed by atoms with van der Waals surface area (Å²) in [4.78, 5) is 24.8. The Labute approximate surface area is 91.1 Å². The van der Waals surface area contributed by atoms with Gasteiger partial charge >= 0.3 is 5.97 Å². The molecule has 0 bridgehead atoms. The van der Waals surface area contributed by atoms with Crippen LogP contribution in [0.15, 0.2) is 24.4 Å². The molecule has 3 N–H and O–H groups in total. The summed E-state index contributed by atoms with van der Waals surface area (Å²) >= 11 is 0. The molecule has 82 valence electrons. The summed E-state index contributed by atoms with van der Waals surface area (Å²) in [6.07, 6.45) is 1.66. The van der Waals surface area contributed by atoms with Crippen LogP contribution < -0.4 is 5.32 Å². The minimum Gasteiger partial charge on any atom is -0.478 e. The third kappa shape index (κ3) is 1.75. The lowest BCUT2D eigenvalue weighted by molar-refractivity contribution is -0.114. The van der Waals surface area contributed by atoms with Crippen LogP contribution in [0.2, 0.25) is 0 Å². The van der Waals surface area contributed by atoms with Crippen molar-refractivity contribution in [3.63, 3.8) is 0 Å². The zero-order chi connectivity index (χ0) is 11.7. The van der Waals surface area contributed by atoms with E-state index in [9.17, 15) is 9.59 Å². The van der Waals surface area contributed by atoms with Gasteiger partial charge in [-0.25, -0.2) is 4.79 Å². The highest BCUT2D eigenvalue weighted by Gasteiger charge is 2.11. The molecule has 0 spiro atoms. The molecule has 1 heterocycles. The fourth-order valence-corrected chi connectivity index (χ4v) is 1.62. The molecule has 0 aliphatic rings. The van der Waals surface area contributed by atoms with Crippen molar-refractivity contribution >= 4 is 28.5 Å². The fourth-order valence-electron chi connectivity index (χ4n) is 1.62. The minimum absolute atomic E-state index is 0.169. The molecule has 5 heteroatoms. The largest absolute Gasteiger partial charge is 0.478 e. The van der Waals surface area contributed by atoms with Gasteiger partial charge in [-0.05, 0) is 18.2 Å². The monoisotopic (exact) mass is 218 g/mol. The number of amides is 1. The highest BCUT2D eigenvalue weighted by molar-refractivity contribution is 6.05.